The summed E-state index contributed by atoms with van der Waals surface area (Å²) in [6.45, 7) is 2.24. The summed E-state index contributed by atoms with van der Waals surface area (Å²) in [6.07, 6.45) is 3.19. The maximum atomic E-state index is 6.19. The van der Waals surface area contributed by atoms with Gasteiger partial charge in [-0.3, -0.25) is 0 Å². The van der Waals surface area contributed by atoms with Crippen LogP contribution in [0.4, 0.5) is 0 Å². The van der Waals surface area contributed by atoms with Crippen molar-refractivity contribution >= 4 is 23.2 Å². The van der Waals surface area contributed by atoms with Crippen molar-refractivity contribution in [3.05, 3.63) is 33.3 Å². The molecule has 0 radical (unpaired) electrons. The van der Waals surface area contributed by atoms with Crippen LogP contribution in [0.25, 0.3) is 0 Å². The molecule has 0 heterocycles. The van der Waals surface area contributed by atoms with E-state index in [0.717, 1.165) is 29.8 Å². The molecule has 0 aromatic heterocycles. The topological polar surface area (TPSA) is 26.0 Å². The molecule has 2 unspecified atom stereocenters. The second kappa shape index (κ2) is 4.32. The van der Waals surface area contributed by atoms with Gasteiger partial charge in [-0.1, -0.05) is 30.1 Å². The molecule has 2 rings (SSSR count). The van der Waals surface area contributed by atoms with Crippen LogP contribution in [0.2, 0.25) is 10.0 Å². The van der Waals surface area contributed by atoms with Gasteiger partial charge in [0, 0.05) is 16.1 Å². The Morgan fingerprint density at radius 1 is 1.33 bits per heavy atom. The van der Waals surface area contributed by atoms with Crippen molar-refractivity contribution in [2.75, 3.05) is 0 Å². The summed E-state index contributed by atoms with van der Waals surface area (Å²) in [5, 5.41) is 1.45. The first-order valence-corrected chi connectivity index (χ1v) is 6.07. The molecule has 0 saturated heterocycles. The average molecular weight is 244 g/mol. The minimum absolute atomic E-state index is 0.0775. The van der Waals surface area contributed by atoms with Crippen LogP contribution in [0.15, 0.2) is 12.1 Å². The molecule has 2 atom stereocenters. The third-order valence-electron chi connectivity index (χ3n) is 3.14. The fourth-order valence-electron chi connectivity index (χ4n) is 2.29. The molecule has 1 aromatic rings. The number of benzene rings is 1. The molecule has 15 heavy (non-hydrogen) atoms. The molecule has 1 aliphatic carbocycles. The Bertz CT molecular complexity index is 376. The number of nitrogens with two attached hydrogens (primary N) is 1. The molecule has 0 spiro atoms. The maximum Gasteiger partial charge on any atom is 0.0456 e. The van der Waals surface area contributed by atoms with E-state index in [1.807, 2.05) is 12.1 Å². The van der Waals surface area contributed by atoms with Crippen LogP contribution in [0.5, 0.6) is 0 Å². The zero-order chi connectivity index (χ0) is 11.0. The van der Waals surface area contributed by atoms with E-state index in [1.54, 1.807) is 0 Å². The highest BCUT2D eigenvalue weighted by atomic mass is 35.5. The smallest absolute Gasteiger partial charge is 0.0456 e. The van der Waals surface area contributed by atoms with Crippen molar-refractivity contribution in [2.24, 2.45) is 11.7 Å². The van der Waals surface area contributed by atoms with Crippen LogP contribution in [-0.2, 0) is 6.42 Å². The van der Waals surface area contributed by atoms with E-state index in [4.69, 9.17) is 28.9 Å². The molecule has 82 valence electrons. The molecular formula is C12H15Cl2N. The zero-order valence-electron chi connectivity index (χ0n) is 8.76. The van der Waals surface area contributed by atoms with Crippen LogP contribution in [0.3, 0.4) is 0 Å². The molecule has 1 aromatic carbocycles. The summed E-state index contributed by atoms with van der Waals surface area (Å²) in [5.41, 5.74) is 8.49. The minimum Gasteiger partial charge on any atom is -0.324 e. The Labute approximate surface area is 101 Å². The zero-order valence-corrected chi connectivity index (χ0v) is 10.3. The average Bonchev–Trinajstić information content (AvgIpc) is 2.27. The summed E-state index contributed by atoms with van der Waals surface area (Å²) < 4.78 is 0. The van der Waals surface area contributed by atoms with E-state index in [-0.39, 0.29) is 6.04 Å². The lowest BCUT2D eigenvalue weighted by atomic mass is 9.98. The van der Waals surface area contributed by atoms with Crippen LogP contribution >= 0.6 is 23.2 Å². The van der Waals surface area contributed by atoms with Crippen LogP contribution in [0, 0.1) is 5.92 Å². The van der Waals surface area contributed by atoms with Gasteiger partial charge in [0.15, 0.2) is 0 Å². The lowest BCUT2D eigenvalue weighted by molar-refractivity contribution is 0.464. The van der Waals surface area contributed by atoms with Gasteiger partial charge in [0.1, 0.15) is 0 Å². The molecular weight excluding hydrogens is 229 g/mol. The number of hydrogen-bond acceptors (Lipinski definition) is 1. The Balaban J connectivity index is 2.48. The first kappa shape index (κ1) is 11.3. The second-order valence-corrected chi connectivity index (χ2v) is 5.29. The summed E-state index contributed by atoms with van der Waals surface area (Å²) >= 11 is 12.2. The lowest BCUT2D eigenvalue weighted by Gasteiger charge is -2.15. The third-order valence-corrected chi connectivity index (χ3v) is 3.69. The van der Waals surface area contributed by atoms with E-state index in [1.165, 1.54) is 5.56 Å². The molecule has 0 saturated carbocycles. The monoisotopic (exact) mass is 243 g/mol. The molecule has 3 heteroatoms. The van der Waals surface area contributed by atoms with Gasteiger partial charge in [0.2, 0.25) is 0 Å². The summed E-state index contributed by atoms with van der Waals surface area (Å²) in [5.74, 6) is 0.655. The van der Waals surface area contributed by atoms with Gasteiger partial charge in [-0.2, -0.15) is 0 Å². The molecule has 1 nitrogen and oxygen atoms in total. The highest BCUT2D eigenvalue weighted by Gasteiger charge is 2.21. The van der Waals surface area contributed by atoms with Gasteiger partial charge in [-0.05, 0) is 48.4 Å². The number of fused-ring (bicyclic) bond motifs is 1. The molecule has 0 fully saturated rings. The van der Waals surface area contributed by atoms with Crippen LogP contribution < -0.4 is 5.73 Å². The Hall–Kier alpha value is -0.240. The summed E-state index contributed by atoms with van der Waals surface area (Å²) in [7, 11) is 0. The normalized spacial score (nSPS) is 25.9. The van der Waals surface area contributed by atoms with Crippen molar-refractivity contribution in [3.63, 3.8) is 0 Å². The molecule has 0 amide bonds. The van der Waals surface area contributed by atoms with Crippen molar-refractivity contribution in [1.82, 2.24) is 0 Å². The molecule has 0 aliphatic heterocycles. The van der Waals surface area contributed by atoms with Crippen molar-refractivity contribution in [1.29, 1.82) is 0 Å². The van der Waals surface area contributed by atoms with Gasteiger partial charge in [-0.15, -0.1) is 0 Å². The van der Waals surface area contributed by atoms with E-state index in [0.29, 0.717) is 10.9 Å². The van der Waals surface area contributed by atoms with Crippen molar-refractivity contribution in [3.8, 4) is 0 Å². The minimum atomic E-state index is 0.0775. The van der Waals surface area contributed by atoms with Gasteiger partial charge in [0.05, 0.1) is 0 Å². The van der Waals surface area contributed by atoms with Gasteiger partial charge in [0.25, 0.3) is 0 Å². The second-order valence-electron chi connectivity index (χ2n) is 4.44. The van der Waals surface area contributed by atoms with Gasteiger partial charge in [-0.25, -0.2) is 0 Å². The molecule has 1 aliphatic rings. The standard InChI is InChI=1S/C12H15Cl2N/c1-7-2-3-9-10(12(15)4-7)5-8(13)6-11(9)14/h5-7,12H,2-4,15H2,1H3. The lowest BCUT2D eigenvalue weighted by Crippen LogP contribution is -2.12. The SMILES string of the molecule is CC1CCc2c(Cl)cc(Cl)cc2C(N)C1. The fraction of sp³-hybridized carbons (Fsp3) is 0.500. The Morgan fingerprint density at radius 3 is 2.80 bits per heavy atom. The number of halogens is 2. The molecule has 0 bridgehead atoms. The fourth-order valence-corrected chi connectivity index (χ4v) is 2.89. The highest BCUT2D eigenvalue weighted by molar-refractivity contribution is 6.35. The van der Waals surface area contributed by atoms with E-state index in [9.17, 15) is 0 Å². The third kappa shape index (κ3) is 2.30. The Kier molecular flexibility index (Phi) is 3.24. The van der Waals surface area contributed by atoms with Crippen LogP contribution in [-0.4, -0.2) is 0 Å². The number of rotatable bonds is 0. The summed E-state index contributed by atoms with van der Waals surface area (Å²) in [4.78, 5) is 0. The van der Waals surface area contributed by atoms with Crippen LogP contribution in [0.1, 0.15) is 36.9 Å². The van der Waals surface area contributed by atoms with E-state index < -0.39 is 0 Å². The van der Waals surface area contributed by atoms with E-state index >= 15 is 0 Å². The Morgan fingerprint density at radius 2 is 2.07 bits per heavy atom. The largest absolute Gasteiger partial charge is 0.324 e. The first-order valence-electron chi connectivity index (χ1n) is 5.31. The van der Waals surface area contributed by atoms with Crippen molar-refractivity contribution < 1.29 is 0 Å². The summed E-state index contributed by atoms with van der Waals surface area (Å²) in [6, 6.07) is 3.85. The van der Waals surface area contributed by atoms with E-state index in [2.05, 4.69) is 6.92 Å². The predicted molar refractivity (Wildman–Crippen MR) is 65.5 cm³/mol. The van der Waals surface area contributed by atoms with Crippen molar-refractivity contribution in [2.45, 2.75) is 32.2 Å². The van der Waals surface area contributed by atoms with Gasteiger partial charge >= 0.3 is 0 Å². The predicted octanol–water partition coefficient (Wildman–Crippen LogP) is 3.97. The molecule has 2 N–H and O–H groups in total. The van der Waals surface area contributed by atoms with Gasteiger partial charge < -0.3 is 5.73 Å². The maximum absolute atomic E-state index is 6.19. The number of hydrogen-bond donors (Lipinski definition) is 1. The first-order chi connectivity index (χ1) is 7.08. The quantitative estimate of drug-likeness (QED) is 0.686. The highest BCUT2D eigenvalue weighted by Crippen LogP contribution is 2.36.